The zero-order chi connectivity index (χ0) is 37.6. The van der Waals surface area contributed by atoms with Gasteiger partial charge in [0.25, 0.3) is 5.60 Å². The summed E-state index contributed by atoms with van der Waals surface area (Å²) in [5.74, 6) is -0.375. The number of aliphatic hydroxyl groups excluding tert-OH is 2. The number of alkyl halides is 6. The number of rotatable bonds is 9. The summed E-state index contributed by atoms with van der Waals surface area (Å²) in [6.07, 6.45) is -7.24. The molecule has 4 nitrogen and oxygen atoms in total. The number of aliphatic hydroxyl groups is 4. The van der Waals surface area contributed by atoms with Crippen molar-refractivity contribution in [1.82, 2.24) is 0 Å². The fourth-order valence-corrected chi connectivity index (χ4v) is 7.86. The van der Waals surface area contributed by atoms with E-state index < -0.39 is 66.7 Å². The van der Waals surface area contributed by atoms with Gasteiger partial charge in [0.05, 0.1) is 17.8 Å². The van der Waals surface area contributed by atoms with Crippen LogP contribution in [0.15, 0.2) is 47.6 Å². The van der Waals surface area contributed by atoms with Crippen molar-refractivity contribution >= 4 is 0 Å². The molecule has 0 heterocycles. The topological polar surface area (TPSA) is 80.9 Å². The second-order valence-electron chi connectivity index (χ2n) is 13.3. The van der Waals surface area contributed by atoms with Crippen LogP contribution in [0, 0.1) is 22.7 Å². The van der Waals surface area contributed by atoms with Crippen LogP contribution in [0.25, 0.3) is 0 Å². The standard InChI is InChI=1S/C33H48F6O4/c1-21-23(19-24(40)20-26(21)41)11-10-22-9-6-17-30(5)25(22)12-13-27(30)29(4,15-7-14-28(2,3)42)16-8-18-31(43,32(34,35)36)33(37,38)39/h8,10-11,18,24-27,40-43H,1,6-7,9,12-17,19-20H2,2-5H3/b18-8+,22-10+,23-11-/t24-,25+,26+,27-,29-,30+/m1/s1/i2D3,3D3. The van der Waals surface area contributed by atoms with E-state index >= 15 is 0 Å². The summed E-state index contributed by atoms with van der Waals surface area (Å²) in [5.41, 5.74) is -7.54. The SMILES string of the molecule is [2H]C([2H])([2H])C(O)(CCC[C@](C)(C/C=C/C(O)(C(F)(F)F)C(F)(F)F)[C@H]1CC[C@H]2/C(=C/C=C3/C[C@@H](O)C[C@H](O)C3=C)CCC[C@]12C)C([2H])([2H])[2H]. The van der Waals surface area contributed by atoms with Gasteiger partial charge >= 0.3 is 12.4 Å². The van der Waals surface area contributed by atoms with Gasteiger partial charge in [0.1, 0.15) is 0 Å². The molecule has 3 saturated carbocycles. The maximum absolute atomic E-state index is 13.5. The molecule has 3 rings (SSSR count). The molecule has 3 aliphatic rings. The van der Waals surface area contributed by atoms with Gasteiger partial charge in [-0.2, -0.15) is 26.3 Å². The highest BCUT2D eigenvalue weighted by atomic mass is 19.4. The van der Waals surface area contributed by atoms with E-state index in [1.165, 1.54) is 0 Å². The Bertz CT molecular complexity index is 1280. The first-order valence-corrected chi connectivity index (χ1v) is 14.7. The van der Waals surface area contributed by atoms with E-state index in [4.69, 9.17) is 8.22 Å². The maximum atomic E-state index is 13.5. The molecule has 0 radical (unpaired) electrons. The number of fused-ring (bicyclic) bond motifs is 1. The van der Waals surface area contributed by atoms with Crippen LogP contribution < -0.4 is 0 Å². The van der Waals surface area contributed by atoms with Crippen molar-refractivity contribution in [1.29, 1.82) is 0 Å². The van der Waals surface area contributed by atoms with Crippen molar-refractivity contribution in [3.63, 3.8) is 0 Å². The summed E-state index contributed by atoms with van der Waals surface area (Å²) < 4.78 is 127. The minimum absolute atomic E-state index is 0.0338. The first-order chi connectivity index (χ1) is 22.0. The Morgan fingerprint density at radius 3 is 2.28 bits per heavy atom. The van der Waals surface area contributed by atoms with Gasteiger partial charge in [0, 0.05) is 14.6 Å². The van der Waals surface area contributed by atoms with E-state index in [1.807, 2.05) is 19.1 Å². The van der Waals surface area contributed by atoms with Crippen LogP contribution in [0.3, 0.4) is 0 Å². The van der Waals surface area contributed by atoms with Gasteiger partial charge in [-0.1, -0.05) is 50.6 Å². The zero-order valence-electron chi connectivity index (χ0n) is 30.7. The molecule has 0 unspecified atom stereocenters. The molecule has 3 fully saturated rings. The maximum Gasteiger partial charge on any atom is 0.429 e. The molecular weight excluding hydrogens is 574 g/mol. The molecule has 6 atom stereocenters. The molecule has 0 aliphatic heterocycles. The fraction of sp³-hybridized carbons (Fsp3) is 0.758. The smallest absolute Gasteiger partial charge is 0.393 e. The van der Waals surface area contributed by atoms with Gasteiger partial charge in [-0.15, -0.1) is 0 Å². The highest BCUT2D eigenvalue weighted by Crippen LogP contribution is 2.64. The Hall–Kier alpha value is -1.62. The van der Waals surface area contributed by atoms with Gasteiger partial charge in [-0.25, -0.2) is 0 Å². The summed E-state index contributed by atoms with van der Waals surface area (Å²) in [4.78, 5) is 0. The molecule has 43 heavy (non-hydrogen) atoms. The monoisotopic (exact) mass is 628 g/mol. The summed E-state index contributed by atoms with van der Waals surface area (Å²) in [6, 6.07) is 0. The van der Waals surface area contributed by atoms with Gasteiger partial charge in [-0.05, 0) is 111 Å². The summed E-state index contributed by atoms with van der Waals surface area (Å²) in [6.45, 7) is 1.00. The normalized spacial score (nSPS) is 35.6. The predicted octanol–water partition coefficient (Wildman–Crippen LogP) is 7.88. The lowest BCUT2D eigenvalue weighted by atomic mass is 9.55. The third-order valence-corrected chi connectivity index (χ3v) is 10.2. The van der Waals surface area contributed by atoms with E-state index in [-0.39, 0.29) is 43.6 Å². The number of hydrogen-bond acceptors (Lipinski definition) is 4. The lowest BCUT2D eigenvalue weighted by Crippen LogP contribution is -2.55. The summed E-state index contributed by atoms with van der Waals surface area (Å²) in [5, 5.41) is 41.0. The highest BCUT2D eigenvalue weighted by molar-refractivity contribution is 5.38. The fourth-order valence-electron chi connectivity index (χ4n) is 7.86. The Balaban J connectivity index is 2.01. The highest BCUT2D eigenvalue weighted by Gasteiger charge is 2.69. The van der Waals surface area contributed by atoms with Gasteiger partial charge in [-0.3, -0.25) is 0 Å². The minimum atomic E-state index is -6.06. The molecular formula is C33H48F6O4. The van der Waals surface area contributed by atoms with Gasteiger partial charge in [0.15, 0.2) is 0 Å². The van der Waals surface area contributed by atoms with E-state index in [9.17, 15) is 46.8 Å². The van der Waals surface area contributed by atoms with Crippen LogP contribution >= 0.6 is 0 Å². The van der Waals surface area contributed by atoms with Crippen molar-refractivity contribution in [3.05, 3.63) is 47.6 Å². The third kappa shape index (κ3) is 7.79. The molecule has 0 aromatic heterocycles. The zero-order valence-corrected chi connectivity index (χ0v) is 24.7. The number of halogens is 6. The number of allylic oxidation sites excluding steroid dienone is 4. The Labute approximate surface area is 259 Å². The summed E-state index contributed by atoms with van der Waals surface area (Å²) in [7, 11) is 0. The molecule has 0 spiro atoms. The average Bonchev–Trinajstić information content (AvgIpc) is 3.29. The Kier molecular flexibility index (Phi) is 8.14. The van der Waals surface area contributed by atoms with Crippen LogP contribution in [-0.2, 0) is 0 Å². The van der Waals surface area contributed by atoms with Crippen LogP contribution in [0.1, 0.15) is 106 Å². The molecule has 0 saturated heterocycles. The van der Waals surface area contributed by atoms with E-state index in [2.05, 4.69) is 6.58 Å². The number of hydrogen-bond donors (Lipinski definition) is 4. The van der Waals surface area contributed by atoms with Crippen LogP contribution in [0.4, 0.5) is 26.3 Å². The second kappa shape index (κ2) is 12.6. The van der Waals surface area contributed by atoms with Crippen molar-refractivity contribution in [2.45, 2.75) is 134 Å². The van der Waals surface area contributed by atoms with Crippen molar-refractivity contribution in [3.8, 4) is 0 Å². The predicted molar refractivity (Wildman–Crippen MR) is 154 cm³/mol. The molecule has 10 heteroatoms. The second-order valence-corrected chi connectivity index (χ2v) is 13.3. The van der Waals surface area contributed by atoms with E-state index in [0.717, 1.165) is 18.4 Å². The lowest BCUT2D eigenvalue weighted by Gasteiger charge is -2.49. The Morgan fingerprint density at radius 2 is 1.67 bits per heavy atom. The first kappa shape index (κ1) is 27.7. The molecule has 4 N–H and O–H groups in total. The van der Waals surface area contributed by atoms with Gasteiger partial charge < -0.3 is 20.4 Å². The van der Waals surface area contributed by atoms with Crippen molar-refractivity contribution < 1.29 is 55.0 Å². The molecule has 0 aromatic rings. The molecule has 0 bridgehead atoms. The largest absolute Gasteiger partial charge is 0.429 e. The molecule has 0 aromatic carbocycles. The lowest BCUT2D eigenvalue weighted by molar-refractivity contribution is -0.347. The minimum Gasteiger partial charge on any atom is -0.393 e. The molecule has 0 amide bonds. The molecule has 246 valence electrons. The third-order valence-electron chi connectivity index (χ3n) is 10.2. The van der Waals surface area contributed by atoms with Crippen LogP contribution in [0.2, 0.25) is 0 Å². The van der Waals surface area contributed by atoms with Crippen molar-refractivity contribution in [2.75, 3.05) is 0 Å². The Morgan fingerprint density at radius 1 is 1.02 bits per heavy atom. The van der Waals surface area contributed by atoms with E-state index in [1.54, 1.807) is 6.92 Å². The average molecular weight is 629 g/mol. The van der Waals surface area contributed by atoms with Crippen LogP contribution in [0.5, 0.6) is 0 Å². The van der Waals surface area contributed by atoms with Crippen molar-refractivity contribution in [2.24, 2.45) is 22.7 Å². The van der Waals surface area contributed by atoms with E-state index in [0.29, 0.717) is 42.9 Å². The first-order valence-electron chi connectivity index (χ1n) is 17.7. The summed E-state index contributed by atoms with van der Waals surface area (Å²) >= 11 is 0. The quantitative estimate of drug-likeness (QED) is 0.155. The molecule has 3 aliphatic carbocycles. The van der Waals surface area contributed by atoms with Crippen LogP contribution in [-0.4, -0.2) is 56.2 Å². The van der Waals surface area contributed by atoms with Gasteiger partial charge in [0.2, 0.25) is 0 Å².